The monoisotopic (exact) mass is 294 g/mol. The lowest BCUT2D eigenvalue weighted by atomic mass is 10.1. The topological polar surface area (TPSA) is 64.4 Å². The van der Waals surface area contributed by atoms with Crippen LogP contribution in [0.2, 0.25) is 5.02 Å². The van der Waals surface area contributed by atoms with Crippen LogP contribution >= 0.6 is 11.6 Å². The fraction of sp³-hybridized carbons (Fsp3) is 0.0714. The van der Waals surface area contributed by atoms with Crippen molar-refractivity contribution in [3.05, 3.63) is 52.8 Å². The summed E-state index contributed by atoms with van der Waals surface area (Å²) in [5.41, 5.74) is 6.42. The normalized spacial score (nSPS) is 10.2. The summed E-state index contributed by atoms with van der Waals surface area (Å²) in [7, 11) is 1.51. The predicted octanol–water partition coefficient (Wildman–Crippen LogP) is 3.21. The van der Waals surface area contributed by atoms with E-state index in [1.165, 1.54) is 25.2 Å². The maximum Gasteiger partial charge on any atom is 0.254 e. The quantitative estimate of drug-likeness (QED) is 0.854. The molecule has 0 aliphatic carbocycles. The van der Waals surface area contributed by atoms with Crippen molar-refractivity contribution in [3.63, 3.8) is 0 Å². The van der Waals surface area contributed by atoms with Crippen molar-refractivity contribution in [1.82, 2.24) is 5.32 Å². The molecule has 2 aromatic rings. The first-order chi connectivity index (χ1) is 9.51. The lowest BCUT2D eigenvalue weighted by Crippen LogP contribution is -2.18. The summed E-state index contributed by atoms with van der Waals surface area (Å²) >= 11 is 5.89. The van der Waals surface area contributed by atoms with E-state index in [-0.39, 0.29) is 22.4 Å². The van der Waals surface area contributed by atoms with Crippen LogP contribution in [0.3, 0.4) is 0 Å². The van der Waals surface area contributed by atoms with E-state index >= 15 is 0 Å². The van der Waals surface area contributed by atoms with Gasteiger partial charge in [0.05, 0.1) is 10.6 Å². The number of nitrogens with one attached hydrogen (secondary N) is 1. The number of rotatable bonds is 3. The first-order valence-electron chi connectivity index (χ1n) is 5.76. The number of anilines is 1. The number of hydrogen-bond donors (Lipinski definition) is 2. The number of hydrogen-bond acceptors (Lipinski definition) is 3. The number of benzene rings is 2. The largest absolute Gasteiger partial charge is 0.455 e. The molecule has 0 spiro atoms. The SMILES string of the molecule is CNC(=O)c1ccc(N)cc1Oc1ccc(F)cc1Cl. The van der Waals surface area contributed by atoms with Crippen LogP contribution in [0, 0.1) is 5.82 Å². The Balaban J connectivity index is 2.41. The van der Waals surface area contributed by atoms with Gasteiger partial charge in [0.2, 0.25) is 0 Å². The zero-order valence-corrected chi connectivity index (χ0v) is 11.4. The molecule has 4 nitrogen and oxygen atoms in total. The molecule has 0 aliphatic heterocycles. The van der Waals surface area contributed by atoms with Gasteiger partial charge in [0.1, 0.15) is 17.3 Å². The summed E-state index contributed by atoms with van der Waals surface area (Å²) in [6, 6.07) is 8.36. The third-order valence-corrected chi connectivity index (χ3v) is 2.89. The predicted molar refractivity (Wildman–Crippen MR) is 75.7 cm³/mol. The maximum absolute atomic E-state index is 13.0. The summed E-state index contributed by atoms with van der Waals surface area (Å²) in [6.07, 6.45) is 0. The number of nitrogen functional groups attached to an aromatic ring is 1. The van der Waals surface area contributed by atoms with E-state index in [0.717, 1.165) is 6.07 Å². The van der Waals surface area contributed by atoms with Crippen molar-refractivity contribution in [3.8, 4) is 11.5 Å². The Morgan fingerprint density at radius 1 is 1.25 bits per heavy atom. The number of amides is 1. The Morgan fingerprint density at radius 2 is 2.00 bits per heavy atom. The van der Waals surface area contributed by atoms with Crippen molar-refractivity contribution in [1.29, 1.82) is 0 Å². The van der Waals surface area contributed by atoms with Gasteiger partial charge < -0.3 is 15.8 Å². The molecule has 2 rings (SSSR count). The van der Waals surface area contributed by atoms with Crippen LogP contribution in [0.1, 0.15) is 10.4 Å². The van der Waals surface area contributed by atoms with Crippen LogP contribution in [0.25, 0.3) is 0 Å². The van der Waals surface area contributed by atoms with Crippen LogP contribution in [0.15, 0.2) is 36.4 Å². The molecular formula is C14H12ClFN2O2. The molecule has 0 fully saturated rings. The van der Waals surface area contributed by atoms with Crippen LogP contribution in [0.4, 0.5) is 10.1 Å². The molecule has 3 N–H and O–H groups in total. The van der Waals surface area contributed by atoms with Gasteiger partial charge in [0, 0.05) is 18.8 Å². The van der Waals surface area contributed by atoms with Gasteiger partial charge in [0.15, 0.2) is 0 Å². The first-order valence-corrected chi connectivity index (χ1v) is 6.13. The number of carbonyl (C=O) groups is 1. The van der Waals surface area contributed by atoms with Gasteiger partial charge in [0.25, 0.3) is 5.91 Å². The fourth-order valence-corrected chi connectivity index (χ4v) is 1.83. The summed E-state index contributed by atoms with van der Waals surface area (Å²) in [5, 5.41) is 2.60. The third-order valence-electron chi connectivity index (χ3n) is 2.59. The van der Waals surface area contributed by atoms with Crippen molar-refractivity contribution in [2.24, 2.45) is 0 Å². The molecule has 0 saturated heterocycles. The molecule has 104 valence electrons. The third kappa shape index (κ3) is 3.00. The van der Waals surface area contributed by atoms with Gasteiger partial charge in [-0.15, -0.1) is 0 Å². The molecule has 0 heterocycles. The fourth-order valence-electron chi connectivity index (χ4n) is 1.62. The summed E-state index contributed by atoms with van der Waals surface area (Å²) in [5.74, 6) is -0.304. The van der Waals surface area contributed by atoms with Gasteiger partial charge in [-0.1, -0.05) is 11.6 Å². The molecule has 0 aromatic heterocycles. The van der Waals surface area contributed by atoms with E-state index in [1.54, 1.807) is 12.1 Å². The molecule has 2 aromatic carbocycles. The number of nitrogens with two attached hydrogens (primary N) is 1. The van der Waals surface area contributed by atoms with Gasteiger partial charge in [-0.05, 0) is 30.3 Å². The van der Waals surface area contributed by atoms with E-state index in [2.05, 4.69) is 5.32 Å². The zero-order chi connectivity index (χ0) is 14.7. The van der Waals surface area contributed by atoms with Crippen LogP contribution in [-0.2, 0) is 0 Å². The highest BCUT2D eigenvalue weighted by Crippen LogP contribution is 2.32. The minimum atomic E-state index is -0.471. The van der Waals surface area contributed by atoms with Gasteiger partial charge in [-0.25, -0.2) is 4.39 Å². The number of carbonyl (C=O) groups excluding carboxylic acids is 1. The van der Waals surface area contributed by atoms with Crippen LogP contribution in [-0.4, -0.2) is 13.0 Å². The second kappa shape index (κ2) is 5.79. The molecule has 0 saturated carbocycles. The van der Waals surface area contributed by atoms with E-state index < -0.39 is 5.82 Å². The van der Waals surface area contributed by atoms with Crippen molar-refractivity contribution < 1.29 is 13.9 Å². The first kappa shape index (κ1) is 14.1. The lowest BCUT2D eigenvalue weighted by molar-refractivity contribution is 0.0961. The Labute approximate surface area is 120 Å². The van der Waals surface area contributed by atoms with Crippen molar-refractivity contribution in [2.75, 3.05) is 12.8 Å². The van der Waals surface area contributed by atoms with Gasteiger partial charge >= 0.3 is 0 Å². The van der Waals surface area contributed by atoms with E-state index in [4.69, 9.17) is 22.1 Å². The average Bonchev–Trinajstić information content (AvgIpc) is 2.41. The average molecular weight is 295 g/mol. The Kier molecular flexibility index (Phi) is 4.10. The van der Waals surface area contributed by atoms with Crippen molar-refractivity contribution in [2.45, 2.75) is 0 Å². The lowest BCUT2D eigenvalue weighted by Gasteiger charge is -2.12. The van der Waals surface area contributed by atoms with Crippen LogP contribution in [0.5, 0.6) is 11.5 Å². The highest BCUT2D eigenvalue weighted by molar-refractivity contribution is 6.32. The van der Waals surface area contributed by atoms with E-state index in [1.807, 2.05) is 0 Å². The summed E-state index contributed by atoms with van der Waals surface area (Å²) in [6.45, 7) is 0. The summed E-state index contributed by atoms with van der Waals surface area (Å²) < 4.78 is 18.5. The Bertz CT molecular complexity index is 662. The molecule has 20 heavy (non-hydrogen) atoms. The molecule has 0 unspecified atom stereocenters. The minimum Gasteiger partial charge on any atom is -0.455 e. The molecule has 0 aliphatic rings. The second-order valence-electron chi connectivity index (χ2n) is 4.01. The molecule has 0 atom stereocenters. The Morgan fingerprint density at radius 3 is 2.65 bits per heavy atom. The standard InChI is InChI=1S/C14H12ClFN2O2/c1-18-14(19)10-4-3-9(17)7-13(10)20-12-5-2-8(16)6-11(12)15/h2-7H,17H2,1H3,(H,18,19). The summed E-state index contributed by atoms with van der Waals surface area (Å²) in [4.78, 5) is 11.7. The van der Waals surface area contributed by atoms with E-state index in [9.17, 15) is 9.18 Å². The van der Waals surface area contributed by atoms with Gasteiger partial charge in [-0.2, -0.15) is 0 Å². The smallest absolute Gasteiger partial charge is 0.254 e. The maximum atomic E-state index is 13.0. The van der Waals surface area contributed by atoms with Crippen molar-refractivity contribution >= 4 is 23.2 Å². The molecule has 0 bridgehead atoms. The molecule has 1 amide bonds. The highest BCUT2D eigenvalue weighted by Gasteiger charge is 2.14. The zero-order valence-electron chi connectivity index (χ0n) is 10.6. The molecule has 6 heteroatoms. The number of ether oxygens (including phenoxy) is 1. The van der Waals surface area contributed by atoms with Gasteiger partial charge in [-0.3, -0.25) is 4.79 Å². The Hall–Kier alpha value is -2.27. The molecular weight excluding hydrogens is 283 g/mol. The minimum absolute atomic E-state index is 0.107. The van der Waals surface area contributed by atoms with E-state index in [0.29, 0.717) is 11.3 Å². The van der Waals surface area contributed by atoms with Crippen LogP contribution < -0.4 is 15.8 Å². The molecule has 0 radical (unpaired) electrons. The number of halogens is 2. The highest BCUT2D eigenvalue weighted by atomic mass is 35.5. The second-order valence-corrected chi connectivity index (χ2v) is 4.42.